The van der Waals surface area contributed by atoms with Gasteiger partial charge in [0, 0.05) is 54.1 Å². The minimum absolute atomic E-state index is 0.0643. The lowest BCUT2D eigenvalue weighted by atomic mass is 9.70. The first-order valence-electron chi connectivity index (χ1n) is 11.8. The Labute approximate surface area is 201 Å². The Morgan fingerprint density at radius 3 is 2.34 bits per heavy atom. The van der Waals surface area contributed by atoms with Gasteiger partial charge in [0.25, 0.3) is 0 Å². The van der Waals surface area contributed by atoms with Gasteiger partial charge in [-0.2, -0.15) is 26.3 Å². The summed E-state index contributed by atoms with van der Waals surface area (Å²) in [5.41, 5.74) is -1.31. The SMILES string of the molecule is O=C([C@@H]1NC2CCC1CC2)N1CC2(C1)CN(c1c(C(F)(F)F)cnc3sc(CC(F)(F)F)cc13)C2. The normalized spacial score (nSPS) is 27.9. The summed E-state index contributed by atoms with van der Waals surface area (Å²) in [6.07, 6.45) is -5.32. The smallest absolute Gasteiger partial charge is 0.369 e. The number of likely N-dealkylation sites (tertiary alicyclic amines) is 1. The molecule has 1 N–H and O–H groups in total. The molecule has 2 aromatic rings. The second-order valence-corrected chi connectivity index (χ2v) is 11.7. The van der Waals surface area contributed by atoms with E-state index in [0.717, 1.165) is 43.2 Å². The summed E-state index contributed by atoms with van der Waals surface area (Å²) in [6.45, 7) is 1.65. The average Bonchev–Trinajstić information content (AvgIpc) is 3.12. The third kappa shape index (κ3) is 4.06. The monoisotopic (exact) mass is 518 g/mol. The zero-order valence-corrected chi connectivity index (χ0v) is 19.5. The molecule has 1 saturated carbocycles. The van der Waals surface area contributed by atoms with Crippen LogP contribution in [0.25, 0.3) is 10.2 Å². The second-order valence-electron chi connectivity index (χ2n) is 10.5. The molecule has 1 amide bonds. The summed E-state index contributed by atoms with van der Waals surface area (Å²) in [6, 6.07) is 1.42. The maximum absolute atomic E-state index is 13.8. The molecule has 5 fully saturated rings. The maximum atomic E-state index is 13.8. The van der Waals surface area contributed by atoms with Crippen LogP contribution in [0.1, 0.15) is 36.1 Å². The fraction of sp³-hybridized carbons (Fsp3) is 0.652. The fourth-order valence-corrected chi connectivity index (χ4v) is 7.41. The number of nitrogens with zero attached hydrogens (tertiary/aromatic N) is 3. The quantitative estimate of drug-likeness (QED) is 0.604. The van der Waals surface area contributed by atoms with Crippen molar-refractivity contribution in [3.8, 4) is 0 Å². The van der Waals surface area contributed by atoms with Crippen molar-refractivity contribution in [3.05, 3.63) is 22.7 Å². The lowest BCUT2D eigenvalue weighted by Gasteiger charge is -2.62. The van der Waals surface area contributed by atoms with Gasteiger partial charge in [0.1, 0.15) is 4.83 Å². The molecule has 5 nitrogen and oxygen atoms in total. The van der Waals surface area contributed by atoms with E-state index in [2.05, 4.69) is 10.3 Å². The van der Waals surface area contributed by atoms with Gasteiger partial charge in [-0.25, -0.2) is 4.98 Å². The number of carbonyl (C=O) groups is 1. The van der Waals surface area contributed by atoms with E-state index in [-0.39, 0.29) is 38.1 Å². The van der Waals surface area contributed by atoms with Crippen LogP contribution in [0.4, 0.5) is 32.0 Å². The van der Waals surface area contributed by atoms with Crippen molar-refractivity contribution in [1.29, 1.82) is 0 Å². The maximum Gasteiger partial charge on any atom is 0.419 e. The fourth-order valence-electron chi connectivity index (χ4n) is 6.38. The highest BCUT2D eigenvalue weighted by molar-refractivity contribution is 7.18. The van der Waals surface area contributed by atoms with E-state index in [1.807, 2.05) is 0 Å². The Hall–Kier alpha value is -2.08. The van der Waals surface area contributed by atoms with Gasteiger partial charge in [-0.15, -0.1) is 11.3 Å². The van der Waals surface area contributed by atoms with E-state index in [1.165, 1.54) is 6.07 Å². The van der Waals surface area contributed by atoms with Crippen LogP contribution in [0.5, 0.6) is 0 Å². The number of aromatic nitrogens is 1. The highest BCUT2D eigenvalue weighted by atomic mass is 32.1. The molecule has 1 spiro atoms. The number of piperidine rings is 2. The number of anilines is 1. The van der Waals surface area contributed by atoms with Crippen molar-refractivity contribution >= 4 is 33.1 Å². The number of halogens is 6. The molecule has 1 aliphatic carbocycles. The van der Waals surface area contributed by atoms with Crippen LogP contribution in [0, 0.1) is 11.3 Å². The third-order valence-corrected chi connectivity index (χ3v) is 8.97. The van der Waals surface area contributed by atoms with Gasteiger partial charge in [-0.3, -0.25) is 4.79 Å². The summed E-state index contributed by atoms with van der Waals surface area (Å²) < 4.78 is 80.0. The van der Waals surface area contributed by atoms with E-state index in [9.17, 15) is 31.1 Å². The van der Waals surface area contributed by atoms with Crippen LogP contribution in [0.15, 0.2) is 12.3 Å². The lowest BCUT2D eigenvalue weighted by molar-refractivity contribution is -0.151. The number of amides is 1. The van der Waals surface area contributed by atoms with Crippen LogP contribution in [-0.4, -0.2) is 60.2 Å². The minimum atomic E-state index is -4.68. The molecule has 4 saturated heterocycles. The van der Waals surface area contributed by atoms with Gasteiger partial charge in [0.15, 0.2) is 0 Å². The van der Waals surface area contributed by atoms with E-state index < -0.39 is 24.3 Å². The van der Waals surface area contributed by atoms with Gasteiger partial charge in [-0.1, -0.05) is 0 Å². The number of carbonyl (C=O) groups excluding carboxylic acids is 1. The number of thiophene rings is 1. The Morgan fingerprint density at radius 2 is 1.77 bits per heavy atom. The van der Waals surface area contributed by atoms with Gasteiger partial charge >= 0.3 is 12.4 Å². The predicted molar refractivity (Wildman–Crippen MR) is 118 cm³/mol. The van der Waals surface area contributed by atoms with E-state index in [4.69, 9.17) is 0 Å². The van der Waals surface area contributed by atoms with Gasteiger partial charge in [-0.05, 0) is 37.7 Å². The average molecular weight is 519 g/mol. The molecule has 12 heteroatoms. The van der Waals surface area contributed by atoms with Gasteiger partial charge < -0.3 is 15.1 Å². The van der Waals surface area contributed by atoms with E-state index in [0.29, 0.717) is 38.1 Å². The van der Waals surface area contributed by atoms with Crippen LogP contribution < -0.4 is 10.2 Å². The highest BCUT2D eigenvalue weighted by Gasteiger charge is 2.56. The summed E-state index contributed by atoms with van der Waals surface area (Å²) in [5.74, 6) is 0.436. The number of fused-ring (bicyclic) bond motifs is 4. The zero-order chi connectivity index (χ0) is 24.8. The molecule has 1 atom stereocenters. The molecule has 190 valence electrons. The van der Waals surface area contributed by atoms with Crippen LogP contribution in [0.2, 0.25) is 0 Å². The summed E-state index contributed by atoms with van der Waals surface area (Å²) in [7, 11) is 0. The van der Waals surface area contributed by atoms with Crippen molar-refractivity contribution in [3.63, 3.8) is 0 Å². The van der Waals surface area contributed by atoms with Crippen molar-refractivity contribution in [2.75, 3.05) is 31.1 Å². The summed E-state index contributed by atoms with van der Waals surface area (Å²) in [5, 5.41) is 3.56. The van der Waals surface area contributed by atoms with Crippen molar-refractivity contribution in [2.45, 2.75) is 56.5 Å². The molecule has 7 rings (SSSR count). The molecule has 0 unspecified atom stereocenters. The molecule has 2 aromatic heterocycles. The number of nitrogens with one attached hydrogen (secondary N) is 1. The predicted octanol–water partition coefficient (Wildman–Crippen LogP) is 4.60. The second kappa shape index (κ2) is 7.71. The molecule has 5 aliphatic rings. The molecule has 35 heavy (non-hydrogen) atoms. The molecular formula is C23H24F6N4OS. The van der Waals surface area contributed by atoms with Crippen LogP contribution in [0.3, 0.4) is 0 Å². The van der Waals surface area contributed by atoms with Crippen LogP contribution >= 0.6 is 11.3 Å². The molecule has 2 bridgehead atoms. The Kier molecular flexibility index (Phi) is 5.14. The number of hydrogen-bond acceptors (Lipinski definition) is 5. The number of hydrogen-bond donors (Lipinski definition) is 1. The molecule has 0 radical (unpaired) electrons. The van der Waals surface area contributed by atoms with Gasteiger partial charge in [0.2, 0.25) is 5.91 Å². The Morgan fingerprint density at radius 1 is 1.09 bits per heavy atom. The molecule has 4 aliphatic heterocycles. The van der Waals surface area contributed by atoms with Crippen molar-refractivity contribution < 1.29 is 31.1 Å². The lowest BCUT2D eigenvalue weighted by Crippen LogP contribution is -2.75. The first-order valence-corrected chi connectivity index (χ1v) is 12.6. The zero-order valence-electron chi connectivity index (χ0n) is 18.7. The number of rotatable bonds is 3. The minimum Gasteiger partial charge on any atom is -0.369 e. The summed E-state index contributed by atoms with van der Waals surface area (Å²) >= 11 is 0.770. The van der Waals surface area contributed by atoms with E-state index >= 15 is 0 Å². The first-order chi connectivity index (χ1) is 16.4. The topological polar surface area (TPSA) is 48.5 Å². The summed E-state index contributed by atoms with van der Waals surface area (Å²) in [4.78, 5) is 20.3. The van der Waals surface area contributed by atoms with E-state index in [1.54, 1.807) is 9.80 Å². The number of pyridine rings is 1. The van der Waals surface area contributed by atoms with Crippen molar-refractivity contribution in [2.24, 2.45) is 11.3 Å². The van der Waals surface area contributed by atoms with Gasteiger partial charge in [0.05, 0.1) is 23.7 Å². The largest absolute Gasteiger partial charge is 0.419 e. The highest BCUT2D eigenvalue weighted by Crippen LogP contribution is 2.49. The van der Waals surface area contributed by atoms with Crippen LogP contribution in [-0.2, 0) is 17.4 Å². The first kappa shape index (κ1) is 23.3. The number of alkyl halides is 6. The molecule has 6 heterocycles. The van der Waals surface area contributed by atoms with Crippen molar-refractivity contribution in [1.82, 2.24) is 15.2 Å². The third-order valence-electron chi connectivity index (χ3n) is 7.92. The molecular weight excluding hydrogens is 494 g/mol. The standard InChI is InChI=1S/C23H24F6N4OS/c24-22(25,26)6-14-5-15-18(16(23(27,28)29)7-30-19(15)35-14)32-8-21(9-32)10-33(11-21)20(34)17-12-1-3-13(31-17)4-2-12/h5,7,12-13,17,31H,1-4,6,8-11H2/t12?,13?,17-/m1/s1. The Balaban J connectivity index is 1.19. The molecule has 0 aromatic carbocycles. The Bertz CT molecular complexity index is 1160.